The van der Waals surface area contributed by atoms with Crippen molar-refractivity contribution in [2.45, 2.75) is 25.8 Å². The molecule has 1 atom stereocenters. The molecule has 6 nitrogen and oxygen atoms in total. The van der Waals surface area contributed by atoms with Gasteiger partial charge in [0.25, 0.3) is 5.91 Å². The zero-order chi connectivity index (χ0) is 21.5. The van der Waals surface area contributed by atoms with E-state index in [1.165, 1.54) is 20.0 Å². The first-order valence-electron chi connectivity index (χ1n) is 10.2. The van der Waals surface area contributed by atoms with Crippen molar-refractivity contribution >= 4 is 17.5 Å². The molecule has 3 rings (SSSR count). The van der Waals surface area contributed by atoms with E-state index in [-0.39, 0.29) is 11.9 Å². The number of hydrogen-bond donors (Lipinski definition) is 1. The number of likely N-dealkylation sites (tertiary alicyclic amines) is 1. The first kappa shape index (κ1) is 22.2. The minimum absolute atomic E-state index is 0.0756. The molecule has 0 radical (unpaired) electrons. The largest absolute Gasteiger partial charge is 0.497 e. The summed E-state index contributed by atoms with van der Waals surface area (Å²) in [7, 11) is 3.19. The highest BCUT2D eigenvalue weighted by atomic mass is 35.5. The number of carbonyl (C=O) groups excluding carboxylic acids is 1. The van der Waals surface area contributed by atoms with E-state index in [0.29, 0.717) is 35.2 Å². The molecule has 0 bridgehead atoms. The van der Waals surface area contributed by atoms with Gasteiger partial charge in [0, 0.05) is 12.1 Å². The number of carbonyl (C=O) groups is 1. The number of ether oxygens (including phenoxy) is 3. The Labute approximate surface area is 183 Å². The number of hydrogen-bond acceptors (Lipinski definition) is 5. The standard InChI is InChI=1S/C23H29ClN2O4/c1-4-30-22-19(24)13-17(14-21(22)29-3)23(27)25-15-20(26-10-5-6-11-26)16-8-7-9-18(12-16)28-2/h7-9,12-14,20H,4-6,10-11,15H2,1-3H3,(H,25,27). The number of methoxy groups -OCH3 is 2. The van der Waals surface area contributed by atoms with Crippen molar-refractivity contribution in [2.75, 3.05) is 40.5 Å². The third-order valence-electron chi connectivity index (χ3n) is 5.30. The second-order valence-corrected chi connectivity index (χ2v) is 7.58. The van der Waals surface area contributed by atoms with E-state index in [1.807, 2.05) is 25.1 Å². The van der Waals surface area contributed by atoms with Crippen LogP contribution in [0.3, 0.4) is 0 Å². The monoisotopic (exact) mass is 432 g/mol. The molecular formula is C23H29ClN2O4. The summed E-state index contributed by atoms with van der Waals surface area (Å²) in [4.78, 5) is 15.3. The maximum Gasteiger partial charge on any atom is 0.251 e. The van der Waals surface area contributed by atoms with Crippen LogP contribution in [0, 0.1) is 0 Å². The fraction of sp³-hybridized carbons (Fsp3) is 0.435. The molecule has 1 fully saturated rings. The van der Waals surface area contributed by atoms with Crippen LogP contribution in [0.1, 0.15) is 41.7 Å². The lowest BCUT2D eigenvalue weighted by atomic mass is 10.0. The molecule has 1 amide bonds. The molecule has 2 aromatic rings. The predicted octanol–water partition coefficient (Wildman–Crippen LogP) is 4.32. The molecule has 0 spiro atoms. The number of nitrogens with zero attached hydrogens (tertiary/aromatic N) is 1. The van der Waals surface area contributed by atoms with Crippen molar-refractivity contribution in [3.63, 3.8) is 0 Å². The lowest BCUT2D eigenvalue weighted by Crippen LogP contribution is -2.36. The molecule has 0 saturated carbocycles. The van der Waals surface area contributed by atoms with Gasteiger partial charge >= 0.3 is 0 Å². The number of rotatable bonds is 9. The first-order chi connectivity index (χ1) is 14.6. The van der Waals surface area contributed by atoms with Gasteiger partial charge in [0.15, 0.2) is 11.5 Å². The van der Waals surface area contributed by atoms with E-state index in [9.17, 15) is 4.79 Å². The summed E-state index contributed by atoms with van der Waals surface area (Å²) >= 11 is 6.32. The highest BCUT2D eigenvalue weighted by Gasteiger charge is 2.25. The Morgan fingerprint density at radius 1 is 1.17 bits per heavy atom. The van der Waals surface area contributed by atoms with E-state index in [1.54, 1.807) is 19.2 Å². The lowest BCUT2D eigenvalue weighted by molar-refractivity contribution is 0.0937. The molecule has 1 N–H and O–H groups in total. The summed E-state index contributed by atoms with van der Waals surface area (Å²) in [6.07, 6.45) is 2.33. The number of amides is 1. The van der Waals surface area contributed by atoms with Crippen molar-refractivity contribution in [3.05, 3.63) is 52.5 Å². The average Bonchev–Trinajstić information content (AvgIpc) is 3.29. The molecule has 0 aliphatic carbocycles. The molecule has 7 heteroatoms. The highest BCUT2D eigenvalue weighted by molar-refractivity contribution is 6.32. The van der Waals surface area contributed by atoms with Crippen LogP contribution >= 0.6 is 11.6 Å². The van der Waals surface area contributed by atoms with E-state index >= 15 is 0 Å². The Morgan fingerprint density at radius 2 is 1.93 bits per heavy atom. The molecule has 2 aromatic carbocycles. The van der Waals surface area contributed by atoms with Gasteiger partial charge in [-0.25, -0.2) is 0 Å². The lowest BCUT2D eigenvalue weighted by Gasteiger charge is -2.28. The Morgan fingerprint density at radius 3 is 2.60 bits per heavy atom. The summed E-state index contributed by atoms with van der Waals surface area (Å²) in [6.45, 7) is 4.84. The van der Waals surface area contributed by atoms with Gasteiger partial charge in [-0.05, 0) is 62.7 Å². The molecule has 0 aromatic heterocycles. The van der Waals surface area contributed by atoms with Crippen molar-refractivity contribution in [3.8, 4) is 17.2 Å². The number of nitrogens with one attached hydrogen (secondary N) is 1. The zero-order valence-electron chi connectivity index (χ0n) is 17.7. The van der Waals surface area contributed by atoms with Gasteiger partial charge in [-0.15, -0.1) is 0 Å². The van der Waals surface area contributed by atoms with E-state index in [2.05, 4.69) is 16.3 Å². The van der Waals surface area contributed by atoms with Gasteiger partial charge in [0.1, 0.15) is 5.75 Å². The third-order valence-corrected chi connectivity index (χ3v) is 5.58. The third kappa shape index (κ3) is 5.18. The normalized spacial score (nSPS) is 14.9. The van der Waals surface area contributed by atoms with Crippen molar-refractivity contribution in [1.29, 1.82) is 0 Å². The maximum absolute atomic E-state index is 12.9. The molecule has 162 valence electrons. The zero-order valence-corrected chi connectivity index (χ0v) is 18.5. The second-order valence-electron chi connectivity index (χ2n) is 7.17. The minimum Gasteiger partial charge on any atom is -0.497 e. The number of benzene rings is 2. The fourth-order valence-electron chi connectivity index (χ4n) is 3.79. The maximum atomic E-state index is 12.9. The van der Waals surface area contributed by atoms with Crippen molar-refractivity contribution in [1.82, 2.24) is 10.2 Å². The Hall–Kier alpha value is -2.44. The Kier molecular flexibility index (Phi) is 7.82. The Balaban J connectivity index is 1.78. The van der Waals surface area contributed by atoms with Crippen LogP contribution in [0.2, 0.25) is 5.02 Å². The van der Waals surface area contributed by atoms with Gasteiger partial charge in [-0.3, -0.25) is 9.69 Å². The van der Waals surface area contributed by atoms with Crippen molar-refractivity contribution < 1.29 is 19.0 Å². The molecule has 1 saturated heterocycles. The quantitative estimate of drug-likeness (QED) is 0.639. The SMILES string of the molecule is CCOc1c(Cl)cc(C(=O)NCC(c2cccc(OC)c2)N2CCCC2)cc1OC. The smallest absolute Gasteiger partial charge is 0.251 e. The molecule has 30 heavy (non-hydrogen) atoms. The van der Waals surface area contributed by atoms with Crippen LogP contribution in [0.25, 0.3) is 0 Å². The minimum atomic E-state index is -0.203. The van der Waals surface area contributed by atoms with Gasteiger partial charge in [0.2, 0.25) is 0 Å². The summed E-state index contributed by atoms with van der Waals surface area (Å²) in [5.74, 6) is 1.50. The fourth-order valence-corrected chi connectivity index (χ4v) is 4.05. The topological polar surface area (TPSA) is 60.0 Å². The molecular weight excluding hydrogens is 404 g/mol. The van der Waals surface area contributed by atoms with Gasteiger partial charge in [-0.2, -0.15) is 0 Å². The summed E-state index contributed by atoms with van der Waals surface area (Å²) in [5, 5.41) is 3.42. The predicted molar refractivity (Wildman–Crippen MR) is 118 cm³/mol. The summed E-state index contributed by atoms with van der Waals surface area (Å²) < 4.78 is 16.3. The molecule has 1 heterocycles. The van der Waals surface area contributed by atoms with Gasteiger partial charge in [0.05, 0.1) is 31.9 Å². The number of halogens is 1. The van der Waals surface area contributed by atoms with Crippen LogP contribution in [-0.2, 0) is 0 Å². The van der Waals surface area contributed by atoms with Crippen LogP contribution in [-0.4, -0.2) is 51.3 Å². The van der Waals surface area contributed by atoms with E-state index < -0.39 is 0 Å². The van der Waals surface area contributed by atoms with Crippen LogP contribution in [0.15, 0.2) is 36.4 Å². The molecule has 1 aliphatic heterocycles. The van der Waals surface area contributed by atoms with E-state index in [0.717, 1.165) is 24.4 Å². The van der Waals surface area contributed by atoms with Crippen molar-refractivity contribution in [2.24, 2.45) is 0 Å². The average molecular weight is 433 g/mol. The van der Waals surface area contributed by atoms with Crippen LogP contribution < -0.4 is 19.5 Å². The van der Waals surface area contributed by atoms with Gasteiger partial charge < -0.3 is 19.5 Å². The van der Waals surface area contributed by atoms with E-state index in [4.69, 9.17) is 25.8 Å². The van der Waals surface area contributed by atoms with Gasteiger partial charge in [-0.1, -0.05) is 23.7 Å². The Bertz CT molecular complexity index is 868. The molecule has 1 unspecified atom stereocenters. The summed E-state index contributed by atoms with van der Waals surface area (Å²) in [5.41, 5.74) is 1.56. The second kappa shape index (κ2) is 10.5. The first-order valence-corrected chi connectivity index (χ1v) is 10.6. The highest BCUT2D eigenvalue weighted by Crippen LogP contribution is 2.36. The van der Waals surface area contributed by atoms with Crippen LogP contribution in [0.4, 0.5) is 0 Å². The summed E-state index contributed by atoms with van der Waals surface area (Å²) in [6, 6.07) is 11.4. The van der Waals surface area contributed by atoms with Crippen LogP contribution in [0.5, 0.6) is 17.2 Å². The molecule has 1 aliphatic rings.